The molecule has 0 spiro atoms. The fraction of sp³-hybridized carbons (Fsp3) is 0.267. The van der Waals surface area contributed by atoms with Crippen LogP contribution in [-0.2, 0) is 14.8 Å². The molecule has 4 nitrogen and oxygen atoms in total. The first-order chi connectivity index (χ1) is 9.53. The lowest BCUT2D eigenvalue weighted by Gasteiger charge is -2.07. The van der Waals surface area contributed by atoms with E-state index >= 15 is 0 Å². The minimum Gasteiger partial charge on any atom is -0.274 e. The minimum atomic E-state index is -3.78. The van der Waals surface area contributed by atoms with Crippen LogP contribution in [0.25, 0.3) is 10.8 Å². The maximum absolute atomic E-state index is 12.1. The third-order valence-electron chi connectivity index (χ3n) is 3.04. The molecule has 0 bridgehead atoms. The Morgan fingerprint density at radius 2 is 1.80 bits per heavy atom. The van der Waals surface area contributed by atoms with E-state index in [1.54, 1.807) is 12.1 Å². The standard InChI is InChI=1S/C15H17NO3S/c1-2-3-8-15(17)16-20(18,19)14-10-9-12-6-4-5-7-13(12)11-14/h4-7,9-11H,2-3,8H2,1H3,(H,16,17). The molecule has 0 fully saturated rings. The van der Waals surface area contributed by atoms with Crippen LogP contribution in [0.15, 0.2) is 47.4 Å². The van der Waals surface area contributed by atoms with Crippen LogP contribution in [0.2, 0.25) is 0 Å². The van der Waals surface area contributed by atoms with Gasteiger partial charge >= 0.3 is 0 Å². The first-order valence-corrected chi connectivity index (χ1v) is 8.05. The van der Waals surface area contributed by atoms with Crippen molar-refractivity contribution in [3.63, 3.8) is 0 Å². The van der Waals surface area contributed by atoms with Gasteiger partial charge in [-0.2, -0.15) is 0 Å². The molecule has 0 aromatic heterocycles. The van der Waals surface area contributed by atoms with Crippen molar-refractivity contribution in [2.24, 2.45) is 0 Å². The third-order valence-corrected chi connectivity index (χ3v) is 4.41. The zero-order valence-electron chi connectivity index (χ0n) is 11.3. The zero-order valence-corrected chi connectivity index (χ0v) is 12.1. The number of hydrogen-bond donors (Lipinski definition) is 1. The van der Waals surface area contributed by atoms with E-state index in [-0.39, 0.29) is 11.3 Å². The van der Waals surface area contributed by atoms with Crippen LogP contribution < -0.4 is 4.72 Å². The topological polar surface area (TPSA) is 63.2 Å². The Bertz CT molecular complexity index is 723. The highest BCUT2D eigenvalue weighted by molar-refractivity contribution is 7.90. The Hall–Kier alpha value is -1.88. The quantitative estimate of drug-likeness (QED) is 0.921. The molecule has 20 heavy (non-hydrogen) atoms. The highest BCUT2D eigenvalue weighted by atomic mass is 32.2. The van der Waals surface area contributed by atoms with Crippen molar-refractivity contribution in [2.75, 3.05) is 0 Å². The second-order valence-corrected chi connectivity index (χ2v) is 6.32. The Kier molecular flexibility index (Phi) is 4.39. The third kappa shape index (κ3) is 3.36. The molecule has 0 atom stereocenters. The SMILES string of the molecule is CCCCC(=O)NS(=O)(=O)c1ccc2ccccc2c1. The van der Waals surface area contributed by atoms with Gasteiger partial charge in [0.25, 0.3) is 10.0 Å². The summed E-state index contributed by atoms with van der Waals surface area (Å²) in [7, 11) is -3.78. The summed E-state index contributed by atoms with van der Waals surface area (Å²) in [6, 6.07) is 12.3. The maximum atomic E-state index is 12.1. The van der Waals surface area contributed by atoms with E-state index in [2.05, 4.69) is 4.72 Å². The first-order valence-electron chi connectivity index (χ1n) is 6.57. The molecular formula is C15H17NO3S. The number of rotatable bonds is 5. The van der Waals surface area contributed by atoms with Crippen LogP contribution in [-0.4, -0.2) is 14.3 Å². The second-order valence-electron chi connectivity index (χ2n) is 4.64. The predicted molar refractivity (Wildman–Crippen MR) is 78.8 cm³/mol. The molecule has 0 saturated carbocycles. The largest absolute Gasteiger partial charge is 0.274 e. The monoisotopic (exact) mass is 291 g/mol. The smallest absolute Gasteiger partial charge is 0.264 e. The summed E-state index contributed by atoms with van der Waals surface area (Å²) in [6.45, 7) is 1.95. The van der Waals surface area contributed by atoms with Gasteiger partial charge < -0.3 is 0 Å². The lowest BCUT2D eigenvalue weighted by molar-refractivity contribution is -0.119. The summed E-state index contributed by atoms with van der Waals surface area (Å²) in [5, 5.41) is 1.79. The average molecular weight is 291 g/mol. The molecule has 0 aliphatic heterocycles. The number of sulfonamides is 1. The normalized spacial score (nSPS) is 11.4. The van der Waals surface area contributed by atoms with Crippen LogP contribution in [0.1, 0.15) is 26.2 Å². The number of carbonyl (C=O) groups excluding carboxylic acids is 1. The fourth-order valence-corrected chi connectivity index (χ4v) is 2.98. The highest BCUT2D eigenvalue weighted by Crippen LogP contribution is 2.18. The Morgan fingerprint density at radius 1 is 1.10 bits per heavy atom. The molecule has 0 aliphatic rings. The first kappa shape index (κ1) is 14.5. The van der Waals surface area contributed by atoms with Gasteiger partial charge in [0.15, 0.2) is 0 Å². The lowest BCUT2D eigenvalue weighted by atomic mass is 10.1. The number of carbonyl (C=O) groups is 1. The molecular weight excluding hydrogens is 274 g/mol. The fourth-order valence-electron chi connectivity index (χ4n) is 1.93. The molecule has 0 saturated heterocycles. The van der Waals surface area contributed by atoms with Crippen molar-refractivity contribution in [3.8, 4) is 0 Å². The number of hydrogen-bond acceptors (Lipinski definition) is 3. The van der Waals surface area contributed by atoms with Gasteiger partial charge in [-0.25, -0.2) is 13.1 Å². The van der Waals surface area contributed by atoms with Crippen molar-refractivity contribution in [3.05, 3.63) is 42.5 Å². The van der Waals surface area contributed by atoms with Gasteiger partial charge in [0, 0.05) is 6.42 Å². The van der Waals surface area contributed by atoms with Crippen LogP contribution in [0.5, 0.6) is 0 Å². The molecule has 2 rings (SSSR count). The van der Waals surface area contributed by atoms with Crippen molar-refractivity contribution in [1.29, 1.82) is 0 Å². The second kappa shape index (κ2) is 6.05. The summed E-state index contributed by atoms with van der Waals surface area (Å²) in [5.74, 6) is -0.458. The van der Waals surface area contributed by atoms with Crippen molar-refractivity contribution >= 4 is 26.7 Å². The van der Waals surface area contributed by atoms with Crippen molar-refractivity contribution in [2.45, 2.75) is 31.1 Å². The van der Waals surface area contributed by atoms with E-state index in [0.717, 1.165) is 17.2 Å². The van der Waals surface area contributed by atoms with Gasteiger partial charge in [-0.05, 0) is 29.3 Å². The Labute approximate surface area is 118 Å². The molecule has 106 valence electrons. The summed E-state index contributed by atoms with van der Waals surface area (Å²) in [6.07, 6.45) is 1.76. The van der Waals surface area contributed by atoms with E-state index < -0.39 is 15.9 Å². The summed E-state index contributed by atoms with van der Waals surface area (Å²) in [5.41, 5.74) is 0. The van der Waals surface area contributed by atoms with Crippen molar-refractivity contribution in [1.82, 2.24) is 4.72 Å². The molecule has 2 aromatic carbocycles. The van der Waals surface area contributed by atoms with Crippen LogP contribution in [0, 0.1) is 0 Å². The number of fused-ring (bicyclic) bond motifs is 1. The van der Waals surface area contributed by atoms with Gasteiger partial charge in [0.05, 0.1) is 4.90 Å². The number of benzene rings is 2. The predicted octanol–water partition coefficient (Wildman–Crippen LogP) is 2.83. The molecule has 0 radical (unpaired) electrons. The van der Waals surface area contributed by atoms with E-state index in [1.165, 1.54) is 6.07 Å². The zero-order chi connectivity index (χ0) is 14.6. The van der Waals surface area contributed by atoms with E-state index in [9.17, 15) is 13.2 Å². The van der Waals surface area contributed by atoms with E-state index in [1.807, 2.05) is 31.2 Å². The van der Waals surface area contributed by atoms with E-state index in [0.29, 0.717) is 6.42 Å². The molecule has 2 aromatic rings. The molecule has 1 amide bonds. The Morgan fingerprint density at radius 3 is 2.50 bits per heavy atom. The van der Waals surface area contributed by atoms with Gasteiger partial charge in [-0.3, -0.25) is 4.79 Å². The maximum Gasteiger partial charge on any atom is 0.264 e. The van der Waals surface area contributed by atoms with Gasteiger partial charge in [-0.1, -0.05) is 43.7 Å². The summed E-state index contributed by atoms with van der Waals surface area (Å²) < 4.78 is 26.3. The lowest BCUT2D eigenvalue weighted by Crippen LogP contribution is -2.30. The van der Waals surface area contributed by atoms with Crippen molar-refractivity contribution < 1.29 is 13.2 Å². The van der Waals surface area contributed by atoms with Gasteiger partial charge in [0.1, 0.15) is 0 Å². The minimum absolute atomic E-state index is 0.112. The van der Waals surface area contributed by atoms with Gasteiger partial charge in [-0.15, -0.1) is 0 Å². The van der Waals surface area contributed by atoms with Crippen LogP contribution in [0.3, 0.4) is 0 Å². The molecule has 0 unspecified atom stereocenters. The molecule has 0 heterocycles. The number of amides is 1. The van der Waals surface area contributed by atoms with Crippen LogP contribution >= 0.6 is 0 Å². The average Bonchev–Trinajstić information content (AvgIpc) is 2.44. The summed E-state index contributed by atoms with van der Waals surface area (Å²) >= 11 is 0. The molecule has 1 N–H and O–H groups in total. The Balaban J connectivity index is 2.25. The molecule has 0 aliphatic carbocycles. The van der Waals surface area contributed by atoms with E-state index in [4.69, 9.17) is 0 Å². The number of unbranched alkanes of at least 4 members (excludes halogenated alkanes) is 1. The molecule has 5 heteroatoms. The summed E-state index contributed by atoms with van der Waals surface area (Å²) in [4.78, 5) is 11.7. The van der Waals surface area contributed by atoms with Gasteiger partial charge in [0.2, 0.25) is 5.91 Å². The number of nitrogens with one attached hydrogen (secondary N) is 1. The van der Waals surface area contributed by atoms with Crippen LogP contribution in [0.4, 0.5) is 0 Å². The highest BCUT2D eigenvalue weighted by Gasteiger charge is 2.17.